The number of halogens is 1. The molecule has 0 atom stereocenters. The fraction of sp³-hybridized carbons (Fsp3) is 0.227. The number of amides is 2. The van der Waals surface area contributed by atoms with E-state index in [2.05, 4.69) is 20.7 Å². The first kappa shape index (κ1) is 22.6. The van der Waals surface area contributed by atoms with E-state index < -0.39 is 11.8 Å². The van der Waals surface area contributed by atoms with Crippen LogP contribution in [0.2, 0.25) is 5.02 Å². The second-order valence-corrected chi connectivity index (χ2v) is 8.71. The molecule has 1 saturated heterocycles. The maximum Gasteiger partial charge on any atom is 0.274 e. The number of hydrogen-bond acceptors (Lipinski definition) is 7. The summed E-state index contributed by atoms with van der Waals surface area (Å²) >= 11 is 8.07. The largest absolute Gasteiger partial charge is 0.472 e. The maximum atomic E-state index is 13.4. The molecule has 11 heteroatoms. The summed E-state index contributed by atoms with van der Waals surface area (Å²) < 4.78 is 7.18. The highest BCUT2D eigenvalue weighted by atomic mass is 35.5. The molecule has 1 aliphatic heterocycles. The Balaban J connectivity index is 1.75. The van der Waals surface area contributed by atoms with Gasteiger partial charge in [0.2, 0.25) is 5.88 Å². The topological polar surface area (TPSA) is 122 Å². The third-order valence-corrected chi connectivity index (χ3v) is 6.44. The van der Waals surface area contributed by atoms with E-state index in [0.717, 1.165) is 11.5 Å². The van der Waals surface area contributed by atoms with E-state index in [1.54, 1.807) is 43.1 Å². The SMILES string of the molecule is CNC(=O)c1cc(C#N)cc(C)c1NC(=O)c1cc(OC2CSC2)nn1-c1ncccc1Cl. The van der Waals surface area contributed by atoms with Gasteiger partial charge in [0, 0.05) is 30.8 Å². The van der Waals surface area contributed by atoms with Crippen LogP contribution in [0.4, 0.5) is 5.69 Å². The van der Waals surface area contributed by atoms with Crippen LogP contribution in [0.25, 0.3) is 5.82 Å². The molecule has 3 aromatic rings. The molecule has 0 unspecified atom stereocenters. The zero-order valence-electron chi connectivity index (χ0n) is 17.8. The first-order chi connectivity index (χ1) is 15.9. The predicted octanol–water partition coefficient (Wildman–Crippen LogP) is 3.21. The Morgan fingerprint density at radius 1 is 1.30 bits per heavy atom. The quantitative estimate of drug-likeness (QED) is 0.553. The molecular weight excluding hydrogens is 464 g/mol. The molecule has 0 aliphatic carbocycles. The number of ether oxygens (including phenoxy) is 1. The first-order valence-electron chi connectivity index (χ1n) is 9.94. The Labute approximate surface area is 199 Å². The minimum atomic E-state index is -0.542. The van der Waals surface area contributed by atoms with Crippen molar-refractivity contribution in [2.24, 2.45) is 0 Å². The van der Waals surface area contributed by atoms with Gasteiger partial charge in [0.15, 0.2) is 5.82 Å². The Morgan fingerprint density at radius 3 is 2.73 bits per heavy atom. The van der Waals surface area contributed by atoms with E-state index in [1.165, 1.54) is 23.9 Å². The van der Waals surface area contributed by atoms with E-state index in [9.17, 15) is 14.9 Å². The van der Waals surface area contributed by atoms with Gasteiger partial charge in [-0.2, -0.15) is 17.0 Å². The van der Waals surface area contributed by atoms with Crippen LogP contribution < -0.4 is 15.4 Å². The molecule has 2 aromatic heterocycles. The summed E-state index contributed by atoms with van der Waals surface area (Å²) in [6.45, 7) is 1.71. The summed E-state index contributed by atoms with van der Waals surface area (Å²) in [5.74, 6) is 1.26. The van der Waals surface area contributed by atoms with Gasteiger partial charge >= 0.3 is 0 Å². The standard InChI is InChI=1S/C22H19ClN6O3S/c1-12-6-13(9-24)7-15(21(30)25-2)19(12)27-22(31)17-8-18(32-14-10-33-11-14)28-29(17)20-16(23)4-3-5-26-20/h3-8,14H,10-11H2,1-2H3,(H,25,30)(H,27,31). The molecule has 4 rings (SSSR count). The van der Waals surface area contributed by atoms with Gasteiger partial charge < -0.3 is 15.4 Å². The molecule has 0 bridgehead atoms. The highest BCUT2D eigenvalue weighted by Crippen LogP contribution is 2.28. The smallest absolute Gasteiger partial charge is 0.274 e. The number of carbonyl (C=O) groups is 2. The zero-order valence-corrected chi connectivity index (χ0v) is 19.3. The number of pyridine rings is 1. The van der Waals surface area contributed by atoms with Gasteiger partial charge in [-0.3, -0.25) is 9.59 Å². The van der Waals surface area contributed by atoms with Crippen LogP contribution in [0.15, 0.2) is 36.5 Å². The first-order valence-corrected chi connectivity index (χ1v) is 11.5. The van der Waals surface area contributed by atoms with Gasteiger partial charge in [-0.15, -0.1) is 5.10 Å². The fourth-order valence-corrected chi connectivity index (χ4v) is 4.00. The van der Waals surface area contributed by atoms with Crippen LogP contribution in [0, 0.1) is 18.3 Å². The van der Waals surface area contributed by atoms with Crippen LogP contribution in [-0.4, -0.2) is 51.2 Å². The van der Waals surface area contributed by atoms with E-state index in [1.807, 2.05) is 6.07 Å². The summed E-state index contributed by atoms with van der Waals surface area (Å²) in [6, 6.07) is 9.88. The van der Waals surface area contributed by atoms with E-state index >= 15 is 0 Å². The van der Waals surface area contributed by atoms with Gasteiger partial charge in [-0.25, -0.2) is 9.67 Å². The molecule has 3 heterocycles. The minimum Gasteiger partial charge on any atom is -0.472 e. The Morgan fingerprint density at radius 2 is 2.09 bits per heavy atom. The molecule has 2 amide bonds. The van der Waals surface area contributed by atoms with Crippen molar-refractivity contribution in [2.45, 2.75) is 13.0 Å². The van der Waals surface area contributed by atoms with Gasteiger partial charge in [0.1, 0.15) is 11.8 Å². The number of benzene rings is 1. The van der Waals surface area contributed by atoms with E-state index in [4.69, 9.17) is 16.3 Å². The number of nitrogens with one attached hydrogen (secondary N) is 2. The predicted molar refractivity (Wildman–Crippen MR) is 125 cm³/mol. The van der Waals surface area contributed by atoms with Crippen LogP contribution in [0.5, 0.6) is 5.88 Å². The summed E-state index contributed by atoms with van der Waals surface area (Å²) in [5.41, 5.74) is 1.46. The van der Waals surface area contributed by atoms with Crippen LogP contribution in [-0.2, 0) is 0 Å². The second-order valence-electron chi connectivity index (χ2n) is 7.23. The van der Waals surface area contributed by atoms with Gasteiger partial charge in [-0.1, -0.05) is 11.6 Å². The number of aryl methyl sites for hydroxylation is 1. The lowest BCUT2D eigenvalue weighted by molar-refractivity contribution is 0.0964. The molecule has 9 nitrogen and oxygen atoms in total. The number of aromatic nitrogens is 3. The number of hydrogen-bond donors (Lipinski definition) is 2. The molecule has 0 saturated carbocycles. The van der Waals surface area contributed by atoms with Crippen LogP contribution in [0.1, 0.15) is 32.0 Å². The van der Waals surface area contributed by atoms with Crippen LogP contribution in [0.3, 0.4) is 0 Å². The molecule has 1 aromatic carbocycles. The number of nitrogens with zero attached hydrogens (tertiary/aromatic N) is 4. The van der Waals surface area contributed by atoms with Crippen molar-refractivity contribution in [3.8, 4) is 17.8 Å². The van der Waals surface area contributed by atoms with Gasteiger partial charge in [-0.05, 0) is 36.8 Å². The summed E-state index contributed by atoms with van der Waals surface area (Å²) in [7, 11) is 1.48. The molecule has 33 heavy (non-hydrogen) atoms. The van der Waals surface area contributed by atoms with Crippen molar-refractivity contribution in [3.63, 3.8) is 0 Å². The average Bonchev–Trinajstić information content (AvgIpc) is 3.21. The lowest BCUT2D eigenvalue weighted by Gasteiger charge is -2.24. The third-order valence-electron chi connectivity index (χ3n) is 4.93. The third kappa shape index (κ3) is 4.65. The molecule has 0 spiro atoms. The zero-order chi connectivity index (χ0) is 23.5. The summed E-state index contributed by atoms with van der Waals surface area (Å²) in [4.78, 5) is 30.1. The van der Waals surface area contributed by atoms with Gasteiger partial charge in [0.25, 0.3) is 11.8 Å². The molecule has 2 N–H and O–H groups in total. The number of rotatable bonds is 6. The molecule has 0 radical (unpaired) electrons. The highest BCUT2D eigenvalue weighted by Gasteiger charge is 2.26. The Kier molecular flexibility index (Phi) is 6.53. The average molecular weight is 483 g/mol. The molecule has 1 aliphatic rings. The lowest BCUT2D eigenvalue weighted by atomic mass is 10.0. The number of thioether (sulfide) groups is 1. The monoisotopic (exact) mass is 482 g/mol. The highest BCUT2D eigenvalue weighted by molar-refractivity contribution is 8.00. The summed E-state index contributed by atoms with van der Waals surface area (Å²) in [6.07, 6.45) is 1.57. The minimum absolute atomic E-state index is 0.0223. The fourth-order valence-electron chi connectivity index (χ4n) is 3.24. The van der Waals surface area contributed by atoms with Gasteiger partial charge in [0.05, 0.1) is 27.9 Å². The van der Waals surface area contributed by atoms with Crippen molar-refractivity contribution < 1.29 is 14.3 Å². The van der Waals surface area contributed by atoms with Crippen molar-refractivity contribution in [2.75, 3.05) is 23.9 Å². The molecule has 1 fully saturated rings. The Bertz CT molecular complexity index is 1280. The molecule has 168 valence electrons. The van der Waals surface area contributed by atoms with Crippen molar-refractivity contribution in [1.82, 2.24) is 20.1 Å². The van der Waals surface area contributed by atoms with E-state index in [-0.39, 0.29) is 34.7 Å². The molecular formula is C22H19ClN6O3S. The second kappa shape index (κ2) is 9.52. The summed E-state index contributed by atoms with van der Waals surface area (Å²) in [5, 5.41) is 19.3. The van der Waals surface area contributed by atoms with Crippen LogP contribution >= 0.6 is 23.4 Å². The van der Waals surface area contributed by atoms with Crippen molar-refractivity contribution in [1.29, 1.82) is 5.26 Å². The number of carbonyl (C=O) groups excluding carboxylic acids is 2. The maximum absolute atomic E-state index is 13.4. The van der Waals surface area contributed by atoms with Crippen molar-refractivity contribution in [3.05, 3.63) is 63.9 Å². The normalized spacial score (nSPS) is 13.0. The van der Waals surface area contributed by atoms with E-state index in [0.29, 0.717) is 16.1 Å². The van der Waals surface area contributed by atoms with Crippen molar-refractivity contribution >= 4 is 40.9 Å². The number of anilines is 1. The number of nitriles is 1. The Hall–Kier alpha value is -3.55. The lowest BCUT2D eigenvalue weighted by Crippen LogP contribution is -2.31.